The zero-order valence-corrected chi connectivity index (χ0v) is 14.2. The Balaban J connectivity index is 1.65. The van der Waals surface area contributed by atoms with Crippen molar-refractivity contribution in [2.24, 2.45) is 0 Å². The maximum absolute atomic E-state index is 4.65. The Kier molecular flexibility index (Phi) is 4.10. The van der Waals surface area contributed by atoms with Crippen molar-refractivity contribution in [3.05, 3.63) is 53.3 Å². The van der Waals surface area contributed by atoms with Gasteiger partial charge in [-0.3, -0.25) is 0 Å². The van der Waals surface area contributed by atoms with Crippen molar-refractivity contribution in [1.82, 2.24) is 15.3 Å². The van der Waals surface area contributed by atoms with Crippen LogP contribution in [0.5, 0.6) is 0 Å². The molecule has 1 aromatic heterocycles. The first-order valence-corrected chi connectivity index (χ1v) is 9.13. The molecule has 0 spiro atoms. The Labute approximate surface area is 140 Å². The van der Waals surface area contributed by atoms with Crippen molar-refractivity contribution in [3.8, 4) is 0 Å². The van der Waals surface area contributed by atoms with Gasteiger partial charge in [0.15, 0.2) is 0 Å². The van der Waals surface area contributed by atoms with E-state index in [1.165, 1.54) is 20.9 Å². The molecule has 2 N–H and O–H groups in total. The van der Waals surface area contributed by atoms with Gasteiger partial charge in [0.25, 0.3) is 0 Å². The second-order valence-electron chi connectivity index (χ2n) is 6.04. The number of aryl methyl sites for hydroxylation is 1. The largest absolute Gasteiger partial charge is 0.342 e. The van der Waals surface area contributed by atoms with Gasteiger partial charge in [-0.05, 0) is 54.8 Å². The molecule has 2 aromatic carbocycles. The van der Waals surface area contributed by atoms with Crippen molar-refractivity contribution < 1.29 is 0 Å². The number of hydrogen-bond donors (Lipinski definition) is 2. The third-order valence-electron chi connectivity index (χ3n) is 4.31. The lowest BCUT2D eigenvalue weighted by molar-refractivity contribution is 0.636. The predicted octanol–water partition coefficient (Wildman–Crippen LogP) is 4.31. The van der Waals surface area contributed by atoms with Crippen LogP contribution in [0.1, 0.15) is 30.3 Å². The predicted molar refractivity (Wildman–Crippen MR) is 96.1 cm³/mol. The number of nitrogens with one attached hydrogen (secondary N) is 2. The van der Waals surface area contributed by atoms with E-state index in [2.05, 4.69) is 58.6 Å². The summed E-state index contributed by atoms with van der Waals surface area (Å²) < 4.78 is 0. The molecule has 0 saturated carbocycles. The second kappa shape index (κ2) is 6.38. The van der Waals surface area contributed by atoms with Gasteiger partial charge in [-0.1, -0.05) is 30.8 Å². The molecule has 23 heavy (non-hydrogen) atoms. The molecule has 4 rings (SSSR count). The average molecular weight is 323 g/mol. The van der Waals surface area contributed by atoms with Gasteiger partial charge >= 0.3 is 0 Å². The molecule has 1 aliphatic rings. The van der Waals surface area contributed by atoms with Crippen LogP contribution in [0.25, 0.3) is 11.0 Å². The molecule has 3 aromatic rings. The first kappa shape index (κ1) is 14.8. The summed E-state index contributed by atoms with van der Waals surface area (Å²) in [5.74, 6) is 1.09. The third-order valence-corrected chi connectivity index (χ3v) is 5.41. The fourth-order valence-electron chi connectivity index (χ4n) is 3.18. The maximum atomic E-state index is 4.65. The summed E-state index contributed by atoms with van der Waals surface area (Å²) >= 11 is 1.86. The van der Waals surface area contributed by atoms with Crippen LogP contribution >= 0.6 is 11.8 Å². The van der Waals surface area contributed by atoms with Crippen molar-refractivity contribution in [1.29, 1.82) is 0 Å². The van der Waals surface area contributed by atoms with Gasteiger partial charge in [0.2, 0.25) is 0 Å². The van der Waals surface area contributed by atoms with Crippen LogP contribution in [-0.4, -0.2) is 16.5 Å². The highest BCUT2D eigenvalue weighted by molar-refractivity contribution is 7.99. The zero-order valence-electron chi connectivity index (χ0n) is 13.4. The number of benzene rings is 2. The lowest BCUT2D eigenvalue weighted by Crippen LogP contribution is -2.23. The minimum absolute atomic E-state index is 0.990. The monoisotopic (exact) mass is 323 g/mol. The van der Waals surface area contributed by atoms with Gasteiger partial charge in [0.1, 0.15) is 5.82 Å². The quantitative estimate of drug-likeness (QED) is 0.751. The summed E-state index contributed by atoms with van der Waals surface area (Å²) in [6.07, 6.45) is 3.24. The van der Waals surface area contributed by atoms with Gasteiger partial charge in [0.05, 0.1) is 11.0 Å². The highest BCUT2D eigenvalue weighted by Crippen LogP contribution is 2.34. The van der Waals surface area contributed by atoms with Crippen molar-refractivity contribution >= 4 is 22.8 Å². The number of fused-ring (bicyclic) bond motifs is 2. The molecular weight excluding hydrogens is 302 g/mol. The SMILES string of the molecule is CCCc1nc2ccc(Sc3cccc4c3CCNC4)cc2[nH]1. The van der Waals surface area contributed by atoms with Crippen LogP contribution in [0.4, 0.5) is 0 Å². The molecule has 0 fully saturated rings. The molecule has 118 valence electrons. The molecule has 1 aliphatic heterocycles. The van der Waals surface area contributed by atoms with E-state index < -0.39 is 0 Å². The normalized spacial score (nSPS) is 14.1. The van der Waals surface area contributed by atoms with E-state index in [1.54, 1.807) is 0 Å². The first-order chi connectivity index (χ1) is 11.3. The number of hydrogen-bond acceptors (Lipinski definition) is 3. The Hall–Kier alpha value is -1.78. The fourth-order valence-corrected chi connectivity index (χ4v) is 4.25. The fraction of sp³-hybridized carbons (Fsp3) is 0.316. The number of aromatic nitrogens is 2. The van der Waals surface area contributed by atoms with Crippen molar-refractivity contribution in [3.63, 3.8) is 0 Å². The zero-order chi connectivity index (χ0) is 15.6. The van der Waals surface area contributed by atoms with E-state index in [9.17, 15) is 0 Å². The topological polar surface area (TPSA) is 40.7 Å². The number of rotatable bonds is 4. The Bertz CT molecular complexity index is 838. The second-order valence-corrected chi connectivity index (χ2v) is 7.15. The summed E-state index contributed by atoms with van der Waals surface area (Å²) in [5, 5.41) is 3.45. The van der Waals surface area contributed by atoms with Crippen LogP contribution < -0.4 is 5.32 Å². The molecule has 2 heterocycles. The highest BCUT2D eigenvalue weighted by atomic mass is 32.2. The van der Waals surface area contributed by atoms with Gasteiger partial charge in [-0.15, -0.1) is 0 Å². The summed E-state index contributed by atoms with van der Waals surface area (Å²) in [6.45, 7) is 4.25. The molecule has 0 aliphatic carbocycles. The van der Waals surface area contributed by atoms with Crippen LogP contribution in [0.15, 0.2) is 46.2 Å². The van der Waals surface area contributed by atoms with Gasteiger partial charge in [-0.2, -0.15) is 0 Å². The minimum Gasteiger partial charge on any atom is -0.342 e. The van der Waals surface area contributed by atoms with Crippen molar-refractivity contribution in [2.75, 3.05) is 6.54 Å². The highest BCUT2D eigenvalue weighted by Gasteiger charge is 2.13. The summed E-state index contributed by atoms with van der Waals surface area (Å²) in [7, 11) is 0. The molecule has 3 nitrogen and oxygen atoms in total. The van der Waals surface area contributed by atoms with Gasteiger partial charge < -0.3 is 10.3 Å². The van der Waals surface area contributed by atoms with E-state index in [0.29, 0.717) is 0 Å². The molecule has 0 amide bonds. The van der Waals surface area contributed by atoms with Crippen molar-refractivity contribution in [2.45, 2.75) is 42.5 Å². The Morgan fingerprint density at radius 2 is 2.17 bits per heavy atom. The number of aromatic amines is 1. The summed E-state index contributed by atoms with van der Waals surface area (Å²) in [5.41, 5.74) is 5.16. The minimum atomic E-state index is 0.990. The van der Waals surface area contributed by atoms with Crippen LogP contribution in [0, 0.1) is 0 Å². The number of imidazole rings is 1. The van der Waals surface area contributed by atoms with Crippen LogP contribution in [0.2, 0.25) is 0 Å². The first-order valence-electron chi connectivity index (χ1n) is 8.31. The van der Waals surface area contributed by atoms with Gasteiger partial charge in [-0.25, -0.2) is 4.98 Å². The standard InChI is InChI=1S/C19H21N3S/c1-2-4-19-21-16-8-7-14(11-17(16)22-19)23-18-6-3-5-13-12-20-10-9-15(13)18/h3,5-8,11,20H,2,4,9-10,12H2,1H3,(H,21,22). The lowest BCUT2D eigenvalue weighted by Gasteiger charge is -2.19. The number of H-pyrrole nitrogens is 1. The molecule has 0 unspecified atom stereocenters. The average Bonchev–Trinajstić information content (AvgIpc) is 2.97. The van der Waals surface area contributed by atoms with E-state index >= 15 is 0 Å². The van der Waals surface area contributed by atoms with E-state index in [4.69, 9.17) is 0 Å². The Morgan fingerprint density at radius 1 is 1.22 bits per heavy atom. The third kappa shape index (κ3) is 3.01. The van der Waals surface area contributed by atoms with Crippen LogP contribution in [0.3, 0.4) is 0 Å². The molecule has 0 radical (unpaired) electrons. The summed E-state index contributed by atoms with van der Waals surface area (Å²) in [6, 6.07) is 13.2. The molecule has 0 atom stereocenters. The Morgan fingerprint density at radius 3 is 3.09 bits per heavy atom. The molecule has 0 saturated heterocycles. The number of nitrogens with zero attached hydrogens (tertiary/aromatic N) is 1. The van der Waals surface area contributed by atoms with E-state index in [-0.39, 0.29) is 0 Å². The van der Waals surface area contributed by atoms with E-state index in [1.807, 2.05) is 11.8 Å². The lowest BCUT2D eigenvalue weighted by atomic mass is 10.0. The maximum Gasteiger partial charge on any atom is 0.107 e. The van der Waals surface area contributed by atoms with E-state index in [0.717, 1.165) is 49.2 Å². The molecular formula is C19H21N3S. The van der Waals surface area contributed by atoms with Gasteiger partial charge in [0, 0.05) is 22.8 Å². The molecule has 4 heteroatoms. The molecule has 0 bridgehead atoms. The van der Waals surface area contributed by atoms with Crippen LogP contribution in [-0.2, 0) is 19.4 Å². The summed E-state index contributed by atoms with van der Waals surface area (Å²) in [4.78, 5) is 10.8. The smallest absolute Gasteiger partial charge is 0.107 e.